The summed E-state index contributed by atoms with van der Waals surface area (Å²) in [7, 11) is 0. The van der Waals surface area contributed by atoms with Gasteiger partial charge in [-0.3, -0.25) is 4.79 Å². The number of aliphatic hydroxyl groups excluding tert-OH is 1. The minimum absolute atomic E-state index is 0.0759. The first-order valence-corrected chi connectivity index (χ1v) is 5.21. The maximum atomic E-state index is 11.4. The van der Waals surface area contributed by atoms with Gasteiger partial charge in [0.25, 0.3) is 0 Å². The molecule has 1 aromatic rings. The lowest BCUT2D eigenvalue weighted by atomic mass is 10.1. The Morgan fingerprint density at radius 2 is 2.20 bits per heavy atom. The van der Waals surface area contributed by atoms with Crippen LogP contribution in [0.2, 0.25) is 0 Å². The average Bonchev–Trinajstić information content (AvgIpc) is 2.65. The number of Topliss-reactive ketones (excluding diaryl/α,β-unsaturated/α-hetero) is 1. The molecule has 1 aromatic carbocycles. The summed E-state index contributed by atoms with van der Waals surface area (Å²) in [5.74, 6) is 0.0759. The summed E-state index contributed by atoms with van der Waals surface area (Å²) in [6.07, 6.45) is 0.525. The van der Waals surface area contributed by atoms with Crippen molar-refractivity contribution in [1.29, 1.82) is 0 Å². The summed E-state index contributed by atoms with van der Waals surface area (Å²) in [6, 6.07) is 7.57. The lowest BCUT2D eigenvalue weighted by molar-refractivity contribution is 0.101. The normalized spacial score (nSPS) is 20.7. The molecular weight excluding hydrogens is 190 g/mol. The van der Waals surface area contributed by atoms with Gasteiger partial charge in [-0.2, -0.15) is 0 Å². The quantitative estimate of drug-likeness (QED) is 0.743. The molecule has 2 rings (SSSR count). The highest BCUT2D eigenvalue weighted by Crippen LogP contribution is 2.24. The van der Waals surface area contributed by atoms with Crippen LogP contribution in [0.3, 0.4) is 0 Å². The molecule has 3 nitrogen and oxygen atoms in total. The van der Waals surface area contributed by atoms with Gasteiger partial charge in [-0.25, -0.2) is 0 Å². The van der Waals surface area contributed by atoms with Crippen molar-refractivity contribution in [2.24, 2.45) is 0 Å². The molecule has 1 atom stereocenters. The average molecular weight is 205 g/mol. The van der Waals surface area contributed by atoms with E-state index in [1.807, 2.05) is 24.3 Å². The molecule has 1 N–H and O–H groups in total. The Morgan fingerprint density at radius 3 is 2.80 bits per heavy atom. The SMILES string of the molecule is CC(=O)c1ccccc1N1CCC(O)C1. The summed E-state index contributed by atoms with van der Waals surface area (Å²) in [5.41, 5.74) is 1.69. The van der Waals surface area contributed by atoms with E-state index < -0.39 is 0 Å². The number of aliphatic hydroxyl groups is 1. The van der Waals surface area contributed by atoms with E-state index in [9.17, 15) is 9.90 Å². The van der Waals surface area contributed by atoms with Gasteiger partial charge in [-0.15, -0.1) is 0 Å². The van der Waals surface area contributed by atoms with Gasteiger partial charge in [0.05, 0.1) is 6.10 Å². The highest BCUT2D eigenvalue weighted by molar-refractivity contribution is 5.99. The Morgan fingerprint density at radius 1 is 1.47 bits per heavy atom. The van der Waals surface area contributed by atoms with E-state index in [4.69, 9.17) is 0 Å². The van der Waals surface area contributed by atoms with Crippen molar-refractivity contribution in [3.05, 3.63) is 29.8 Å². The number of hydrogen-bond acceptors (Lipinski definition) is 3. The van der Waals surface area contributed by atoms with Gasteiger partial charge in [-0.1, -0.05) is 12.1 Å². The van der Waals surface area contributed by atoms with Gasteiger partial charge in [0.2, 0.25) is 0 Å². The summed E-state index contributed by atoms with van der Waals surface area (Å²) < 4.78 is 0. The maximum Gasteiger partial charge on any atom is 0.161 e. The predicted molar refractivity (Wildman–Crippen MR) is 59.3 cm³/mol. The zero-order valence-corrected chi connectivity index (χ0v) is 8.81. The number of nitrogens with zero attached hydrogens (tertiary/aromatic N) is 1. The summed E-state index contributed by atoms with van der Waals surface area (Å²) in [6.45, 7) is 3.03. The summed E-state index contributed by atoms with van der Waals surface area (Å²) in [5, 5.41) is 9.46. The zero-order valence-electron chi connectivity index (χ0n) is 8.81. The van der Waals surface area contributed by atoms with E-state index >= 15 is 0 Å². The van der Waals surface area contributed by atoms with Gasteiger partial charge < -0.3 is 10.0 Å². The van der Waals surface area contributed by atoms with Crippen LogP contribution in [0.1, 0.15) is 23.7 Å². The fourth-order valence-corrected chi connectivity index (χ4v) is 2.01. The number of ketones is 1. The minimum atomic E-state index is -0.259. The first-order valence-electron chi connectivity index (χ1n) is 5.21. The standard InChI is InChI=1S/C12H15NO2/c1-9(14)11-4-2-3-5-12(11)13-7-6-10(15)8-13/h2-5,10,15H,6-8H2,1H3. The fourth-order valence-electron chi connectivity index (χ4n) is 2.01. The molecule has 0 bridgehead atoms. The fraction of sp³-hybridized carbons (Fsp3) is 0.417. The molecule has 0 spiro atoms. The first kappa shape index (κ1) is 10.2. The van der Waals surface area contributed by atoms with Crippen LogP contribution in [-0.2, 0) is 0 Å². The van der Waals surface area contributed by atoms with Crippen molar-refractivity contribution >= 4 is 11.5 Å². The molecule has 0 radical (unpaired) electrons. The smallest absolute Gasteiger partial charge is 0.161 e. The molecule has 3 heteroatoms. The first-order chi connectivity index (χ1) is 7.18. The van der Waals surface area contributed by atoms with Gasteiger partial charge in [0.15, 0.2) is 5.78 Å². The molecule has 15 heavy (non-hydrogen) atoms. The van der Waals surface area contributed by atoms with Crippen LogP contribution in [-0.4, -0.2) is 30.1 Å². The zero-order chi connectivity index (χ0) is 10.8. The number of hydrogen-bond donors (Lipinski definition) is 1. The monoisotopic (exact) mass is 205 g/mol. The third-order valence-electron chi connectivity index (χ3n) is 2.79. The highest BCUT2D eigenvalue weighted by Gasteiger charge is 2.22. The second-order valence-corrected chi connectivity index (χ2v) is 3.96. The Labute approximate surface area is 89.3 Å². The number of para-hydroxylation sites is 1. The molecule has 80 valence electrons. The highest BCUT2D eigenvalue weighted by atomic mass is 16.3. The van der Waals surface area contributed by atoms with Gasteiger partial charge >= 0.3 is 0 Å². The number of carbonyl (C=O) groups excluding carboxylic acids is 1. The van der Waals surface area contributed by atoms with Crippen molar-refractivity contribution in [3.8, 4) is 0 Å². The van der Waals surface area contributed by atoms with Crippen LogP contribution < -0.4 is 4.90 Å². The van der Waals surface area contributed by atoms with Crippen LogP contribution in [0.5, 0.6) is 0 Å². The van der Waals surface area contributed by atoms with Gasteiger partial charge in [0.1, 0.15) is 0 Å². The van der Waals surface area contributed by atoms with E-state index in [0.717, 1.165) is 24.2 Å². The Balaban J connectivity index is 2.31. The van der Waals surface area contributed by atoms with E-state index in [2.05, 4.69) is 4.90 Å². The van der Waals surface area contributed by atoms with Gasteiger partial charge in [-0.05, 0) is 25.5 Å². The van der Waals surface area contributed by atoms with Crippen molar-refractivity contribution < 1.29 is 9.90 Å². The van der Waals surface area contributed by atoms with Crippen molar-refractivity contribution in [3.63, 3.8) is 0 Å². The van der Waals surface area contributed by atoms with E-state index in [0.29, 0.717) is 6.54 Å². The van der Waals surface area contributed by atoms with Gasteiger partial charge in [0, 0.05) is 24.3 Å². The number of anilines is 1. The largest absolute Gasteiger partial charge is 0.391 e. The van der Waals surface area contributed by atoms with Crippen LogP contribution in [0, 0.1) is 0 Å². The number of β-amino-alcohol motifs (C(OH)–C–C–N with tert-alkyl or cyclic N) is 1. The molecule has 0 saturated carbocycles. The molecule has 0 amide bonds. The Bertz CT molecular complexity index is 376. The number of rotatable bonds is 2. The second kappa shape index (κ2) is 4.03. The minimum Gasteiger partial charge on any atom is -0.391 e. The molecule has 1 aliphatic rings. The lowest BCUT2D eigenvalue weighted by Gasteiger charge is -2.20. The van der Waals surface area contributed by atoms with Crippen LogP contribution in [0.25, 0.3) is 0 Å². The topological polar surface area (TPSA) is 40.5 Å². The van der Waals surface area contributed by atoms with Crippen LogP contribution >= 0.6 is 0 Å². The Hall–Kier alpha value is -1.35. The number of carbonyl (C=O) groups is 1. The lowest BCUT2D eigenvalue weighted by Crippen LogP contribution is -2.22. The molecule has 0 aromatic heterocycles. The predicted octanol–water partition coefficient (Wildman–Crippen LogP) is 1.46. The van der Waals surface area contributed by atoms with Crippen LogP contribution in [0.4, 0.5) is 5.69 Å². The molecule has 1 aliphatic heterocycles. The molecule has 0 aliphatic carbocycles. The Kier molecular flexibility index (Phi) is 2.73. The third kappa shape index (κ3) is 2.02. The second-order valence-electron chi connectivity index (χ2n) is 3.96. The third-order valence-corrected chi connectivity index (χ3v) is 2.79. The molecule has 1 fully saturated rings. The molecule has 1 saturated heterocycles. The van der Waals surface area contributed by atoms with E-state index in [1.165, 1.54) is 0 Å². The summed E-state index contributed by atoms with van der Waals surface area (Å²) >= 11 is 0. The van der Waals surface area contributed by atoms with Crippen molar-refractivity contribution in [2.75, 3.05) is 18.0 Å². The van der Waals surface area contributed by atoms with E-state index in [1.54, 1.807) is 6.92 Å². The maximum absolute atomic E-state index is 11.4. The van der Waals surface area contributed by atoms with Crippen molar-refractivity contribution in [1.82, 2.24) is 0 Å². The van der Waals surface area contributed by atoms with E-state index in [-0.39, 0.29) is 11.9 Å². The van der Waals surface area contributed by atoms with Crippen LogP contribution in [0.15, 0.2) is 24.3 Å². The summed E-state index contributed by atoms with van der Waals surface area (Å²) in [4.78, 5) is 13.5. The molecular formula is C12H15NO2. The molecule has 1 unspecified atom stereocenters. The molecule has 1 heterocycles. The van der Waals surface area contributed by atoms with Crippen molar-refractivity contribution in [2.45, 2.75) is 19.4 Å². The number of benzene rings is 1.